The summed E-state index contributed by atoms with van der Waals surface area (Å²) in [6, 6.07) is 13.3. The maximum atomic E-state index is 13.7. The number of rotatable bonds is 7. The van der Waals surface area contributed by atoms with Crippen LogP contribution in [0.4, 0.5) is 0 Å². The summed E-state index contributed by atoms with van der Waals surface area (Å²) in [6.07, 6.45) is 0.803. The van der Waals surface area contributed by atoms with Crippen molar-refractivity contribution in [2.75, 3.05) is 40.5 Å². The Kier molecular flexibility index (Phi) is 8.02. The number of carbonyl (C=O) groups is 3. The number of amides is 3. The van der Waals surface area contributed by atoms with E-state index in [2.05, 4.69) is 5.32 Å². The van der Waals surface area contributed by atoms with E-state index in [1.807, 2.05) is 19.9 Å². The average molecular weight is 510 g/mol. The number of ether oxygens (including phenoxy) is 3. The number of hydrogen-bond acceptors (Lipinski definition) is 6. The summed E-state index contributed by atoms with van der Waals surface area (Å²) in [5, 5.41) is 2.95. The highest BCUT2D eigenvalue weighted by Crippen LogP contribution is 2.39. The van der Waals surface area contributed by atoms with Gasteiger partial charge >= 0.3 is 0 Å². The summed E-state index contributed by atoms with van der Waals surface area (Å²) in [7, 11) is 3.07. The van der Waals surface area contributed by atoms with Gasteiger partial charge in [-0.05, 0) is 36.2 Å². The highest BCUT2D eigenvalue weighted by atomic mass is 16.5. The SMILES string of the molecule is COc1ccc(C(=O)N2CCC3(CC2)OCC(C(=O)NCC(C)C)N3C(=O)c2ccccc2)cc1OC. The van der Waals surface area contributed by atoms with Gasteiger partial charge in [-0.1, -0.05) is 32.0 Å². The van der Waals surface area contributed by atoms with Crippen molar-refractivity contribution in [1.29, 1.82) is 0 Å². The van der Waals surface area contributed by atoms with Crippen LogP contribution in [0.1, 0.15) is 47.4 Å². The first-order valence-electron chi connectivity index (χ1n) is 12.6. The van der Waals surface area contributed by atoms with E-state index in [1.54, 1.807) is 59.4 Å². The molecule has 2 saturated heterocycles. The lowest BCUT2D eigenvalue weighted by Crippen LogP contribution is -2.60. The lowest BCUT2D eigenvalue weighted by atomic mass is 9.96. The van der Waals surface area contributed by atoms with E-state index in [0.717, 1.165) is 0 Å². The van der Waals surface area contributed by atoms with E-state index in [9.17, 15) is 14.4 Å². The Morgan fingerprint density at radius 2 is 1.65 bits per heavy atom. The maximum Gasteiger partial charge on any atom is 0.256 e. The molecule has 1 N–H and O–H groups in total. The molecular weight excluding hydrogens is 474 g/mol. The molecule has 0 bridgehead atoms. The normalized spacial score (nSPS) is 18.7. The van der Waals surface area contributed by atoms with E-state index < -0.39 is 11.8 Å². The van der Waals surface area contributed by atoms with Gasteiger partial charge in [0.05, 0.1) is 20.8 Å². The molecule has 1 unspecified atom stereocenters. The van der Waals surface area contributed by atoms with E-state index in [1.165, 1.54) is 7.11 Å². The van der Waals surface area contributed by atoms with Crippen LogP contribution in [0.5, 0.6) is 11.5 Å². The number of carbonyl (C=O) groups excluding carboxylic acids is 3. The standard InChI is InChI=1S/C28H35N3O6/c1-19(2)17-29-25(32)22-18-37-28(31(22)27(34)20-8-6-5-7-9-20)12-14-30(15-13-28)26(33)21-10-11-23(35-3)24(16-21)36-4/h5-11,16,19,22H,12-15,17-18H2,1-4H3,(H,29,32). The van der Waals surface area contributed by atoms with Crippen LogP contribution in [0, 0.1) is 5.92 Å². The molecule has 198 valence electrons. The van der Waals surface area contributed by atoms with Gasteiger partial charge in [0.1, 0.15) is 11.8 Å². The van der Waals surface area contributed by atoms with Crippen LogP contribution in [0.15, 0.2) is 48.5 Å². The van der Waals surface area contributed by atoms with E-state index in [-0.39, 0.29) is 30.2 Å². The third-order valence-electron chi connectivity index (χ3n) is 6.95. The molecule has 2 fully saturated rings. The smallest absolute Gasteiger partial charge is 0.256 e. The van der Waals surface area contributed by atoms with Crippen LogP contribution >= 0.6 is 0 Å². The number of methoxy groups -OCH3 is 2. The molecule has 1 spiro atoms. The highest BCUT2D eigenvalue weighted by Gasteiger charge is 2.54. The molecule has 0 aromatic heterocycles. The molecule has 9 nitrogen and oxygen atoms in total. The topological polar surface area (TPSA) is 97.4 Å². The van der Waals surface area contributed by atoms with Crippen molar-refractivity contribution in [2.45, 2.75) is 38.5 Å². The summed E-state index contributed by atoms with van der Waals surface area (Å²) in [6.45, 7) is 5.43. The average Bonchev–Trinajstić information content (AvgIpc) is 3.29. The Labute approximate surface area is 217 Å². The third kappa shape index (κ3) is 5.41. The molecule has 2 aliphatic heterocycles. The lowest BCUT2D eigenvalue weighted by molar-refractivity contribution is -0.128. The van der Waals surface area contributed by atoms with Crippen LogP contribution in [0.25, 0.3) is 0 Å². The molecule has 37 heavy (non-hydrogen) atoms. The first kappa shape index (κ1) is 26.5. The second-order valence-electron chi connectivity index (χ2n) is 9.82. The van der Waals surface area contributed by atoms with Crippen LogP contribution in [0.2, 0.25) is 0 Å². The van der Waals surface area contributed by atoms with Crippen LogP contribution in [-0.2, 0) is 9.53 Å². The fraction of sp³-hybridized carbons (Fsp3) is 0.464. The zero-order chi connectivity index (χ0) is 26.6. The molecule has 2 heterocycles. The first-order chi connectivity index (χ1) is 17.8. The Morgan fingerprint density at radius 1 is 0.973 bits per heavy atom. The summed E-state index contributed by atoms with van der Waals surface area (Å²) >= 11 is 0. The van der Waals surface area contributed by atoms with Gasteiger partial charge < -0.3 is 24.4 Å². The summed E-state index contributed by atoms with van der Waals surface area (Å²) < 4.78 is 16.9. The fourth-order valence-electron chi connectivity index (χ4n) is 4.92. The van der Waals surface area contributed by atoms with E-state index in [4.69, 9.17) is 14.2 Å². The minimum Gasteiger partial charge on any atom is -0.493 e. The van der Waals surface area contributed by atoms with Crippen molar-refractivity contribution in [1.82, 2.24) is 15.1 Å². The second kappa shape index (κ2) is 11.2. The zero-order valence-corrected chi connectivity index (χ0v) is 21.9. The number of piperidine rings is 1. The van der Waals surface area contributed by atoms with Crippen LogP contribution in [-0.4, -0.2) is 79.7 Å². The van der Waals surface area contributed by atoms with Crippen LogP contribution in [0.3, 0.4) is 0 Å². The van der Waals surface area contributed by atoms with Crippen molar-refractivity contribution in [3.05, 3.63) is 59.7 Å². The number of benzene rings is 2. The predicted octanol–water partition coefficient (Wildman–Crippen LogP) is 2.95. The monoisotopic (exact) mass is 509 g/mol. The molecule has 2 aromatic carbocycles. The van der Waals surface area contributed by atoms with Crippen molar-refractivity contribution < 1.29 is 28.6 Å². The summed E-state index contributed by atoms with van der Waals surface area (Å²) in [5.74, 6) is 0.704. The molecule has 0 saturated carbocycles. The largest absolute Gasteiger partial charge is 0.493 e. The minimum atomic E-state index is -0.957. The summed E-state index contributed by atoms with van der Waals surface area (Å²) in [5.41, 5.74) is 0.0307. The molecule has 2 aromatic rings. The highest BCUT2D eigenvalue weighted by molar-refractivity contribution is 5.98. The van der Waals surface area contributed by atoms with Crippen LogP contribution < -0.4 is 14.8 Å². The van der Waals surface area contributed by atoms with Gasteiger partial charge in [-0.3, -0.25) is 19.3 Å². The molecule has 2 aliphatic rings. The predicted molar refractivity (Wildman–Crippen MR) is 138 cm³/mol. The van der Waals surface area contributed by atoms with Gasteiger partial charge in [-0.25, -0.2) is 0 Å². The molecule has 1 atom stereocenters. The Bertz CT molecular complexity index is 1130. The van der Waals surface area contributed by atoms with Gasteiger partial charge in [0.2, 0.25) is 5.91 Å². The Balaban J connectivity index is 1.54. The Morgan fingerprint density at radius 3 is 2.27 bits per heavy atom. The van der Waals surface area contributed by atoms with Crippen molar-refractivity contribution in [3.8, 4) is 11.5 Å². The minimum absolute atomic E-state index is 0.117. The molecule has 0 aliphatic carbocycles. The number of nitrogens with one attached hydrogen (secondary N) is 1. The molecule has 0 radical (unpaired) electrons. The third-order valence-corrected chi connectivity index (χ3v) is 6.95. The number of nitrogens with zero attached hydrogens (tertiary/aromatic N) is 2. The van der Waals surface area contributed by atoms with Crippen molar-refractivity contribution in [2.24, 2.45) is 5.92 Å². The number of hydrogen-bond donors (Lipinski definition) is 1. The maximum absolute atomic E-state index is 13.7. The lowest BCUT2D eigenvalue weighted by Gasteiger charge is -2.44. The van der Waals surface area contributed by atoms with Crippen molar-refractivity contribution in [3.63, 3.8) is 0 Å². The van der Waals surface area contributed by atoms with Gasteiger partial charge in [-0.2, -0.15) is 0 Å². The van der Waals surface area contributed by atoms with Crippen molar-refractivity contribution >= 4 is 17.7 Å². The molecule has 9 heteroatoms. The first-order valence-corrected chi connectivity index (χ1v) is 12.6. The molecule has 3 amide bonds. The Hall–Kier alpha value is -3.59. The second-order valence-corrected chi connectivity index (χ2v) is 9.82. The van der Waals surface area contributed by atoms with Gasteiger partial charge in [0, 0.05) is 43.6 Å². The van der Waals surface area contributed by atoms with Gasteiger partial charge in [0.25, 0.3) is 11.8 Å². The molecule has 4 rings (SSSR count). The van der Waals surface area contributed by atoms with Gasteiger partial charge in [-0.15, -0.1) is 0 Å². The summed E-state index contributed by atoms with van der Waals surface area (Å²) in [4.78, 5) is 43.4. The molecular formula is C28H35N3O6. The van der Waals surface area contributed by atoms with E-state index >= 15 is 0 Å². The fourth-order valence-corrected chi connectivity index (χ4v) is 4.92. The number of likely N-dealkylation sites (tertiary alicyclic amines) is 1. The zero-order valence-electron chi connectivity index (χ0n) is 21.9. The quantitative estimate of drug-likeness (QED) is 0.617. The van der Waals surface area contributed by atoms with Gasteiger partial charge in [0.15, 0.2) is 11.5 Å². The van der Waals surface area contributed by atoms with E-state index in [0.29, 0.717) is 55.1 Å².